The van der Waals surface area contributed by atoms with Crippen molar-refractivity contribution in [1.29, 1.82) is 0 Å². The zero-order chi connectivity index (χ0) is 13.6. The molecule has 0 bridgehead atoms. The van der Waals surface area contributed by atoms with Crippen molar-refractivity contribution in [3.63, 3.8) is 0 Å². The van der Waals surface area contributed by atoms with Gasteiger partial charge in [0.15, 0.2) is 0 Å². The Balaban J connectivity index is 2.36. The lowest BCUT2D eigenvalue weighted by Crippen LogP contribution is -2.37. The van der Waals surface area contributed by atoms with Gasteiger partial charge < -0.3 is 10.4 Å². The van der Waals surface area contributed by atoms with Crippen molar-refractivity contribution >= 4 is 5.91 Å². The number of carbonyl (C=O) groups is 1. The van der Waals surface area contributed by atoms with Crippen LogP contribution >= 0.6 is 0 Å². The van der Waals surface area contributed by atoms with Crippen LogP contribution in [-0.2, 0) is 4.79 Å². The molecule has 1 atom stereocenters. The van der Waals surface area contributed by atoms with Gasteiger partial charge in [-0.3, -0.25) is 4.79 Å². The summed E-state index contributed by atoms with van der Waals surface area (Å²) in [4.78, 5) is 11.7. The molecular formula is C15H29NO2. The van der Waals surface area contributed by atoms with Crippen LogP contribution in [0.15, 0.2) is 0 Å². The van der Waals surface area contributed by atoms with Crippen LogP contribution in [0.2, 0.25) is 0 Å². The second kappa shape index (κ2) is 7.13. The Kier molecular flexibility index (Phi) is 6.13. The first-order valence-electron chi connectivity index (χ1n) is 7.38. The van der Waals surface area contributed by atoms with Crippen molar-refractivity contribution in [2.75, 3.05) is 6.54 Å². The van der Waals surface area contributed by atoms with Gasteiger partial charge in [-0.25, -0.2) is 0 Å². The Labute approximate surface area is 111 Å². The van der Waals surface area contributed by atoms with Crippen LogP contribution in [0.1, 0.15) is 65.7 Å². The highest BCUT2D eigenvalue weighted by Gasteiger charge is 2.34. The largest absolute Gasteiger partial charge is 0.393 e. The average molecular weight is 255 g/mol. The predicted octanol–water partition coefficient (Wildman–Crippen LogP) is 2.87. The molecule has 0 aliphatic heterocycles. The molecule has 1 fully saturated rings. The zero-order valence-corrected chi connectivity index (χ0v) is 12.2. The third-order valence-corrected chi connectivity index (χ3v) is 3.96. The highest BCUT2D eigenvalue weighted by Crippen LogP contribution is 2.42. The lowest BCUT2D eigenvalue weighted by Gasteiger charge is -2.31. The van der Waals surface area contributed by atoms with Gasteiger partial charge in [-0.15, -0.1) is 0 Å². The quantitative estimate of drug-likeness (QED) is 0.735. The summed E-state index contributed by atoms with van der Waals surface area (Å²) in [5.41, 5.74) is 0.342. The first kappa shape index (κ1) is 15.5. The fourth-order valence-corrected chi connectivity index (χ4v) is 3.16. The maximum absolute atomic E-state index is 11.7. The van der Waals surface area contributed by atoms with Crippen LogP contribution < -0.4 is 5.32 Å². The molecule has 0 spiro atoms. The monoisotopic (exact) mass is 255 g/mol. The van der Waals surface area contributed by atoms with Crippen LogP contribution in [0.4, 0.5) is 0 Å². The van der Waals surface area contributed by atoms with E-state index < -0.39 is 0 Å². The highest BCUT2D eigenvalue weighted by atomic mass is 16.3. The van der Waals surface area contributed by atoms with E-state index >= 15 is 0 Å². The molecule has 1 aliphatic carbocycles. The SMILES string of the molecule is CC(C)CC1(CNC(=O)CCC(C)O)CCCC1. The summed E-state index contributed by atoms with van der Waals surface area (Å²) in [6.45, 7) is 7.07. The van der Waals surface area contributed by atoms with Gasteiger partial charge in [0.25, 0.3) is 0 Å². The van der Waals surface area contributed by atoms with E-state index in [1.54, 1.807) is 6.92 Å². The zero-order valence-electron chi connectivity index (χ0n) is 12.2. The second-order valence-electron chi connectivity index (χ2n) is 6.47. The summed E-state index contributed by atoms with van der Waals surface area (Å²) >= 11 is 0. The van der Waals surface area contributed by atoms with E-state index in [1.807, 2.05) is 0 Å². The molecule has 0 saturated heterocycles. The molecule has 1 amide bonds. The van der Waals surface area contributed by atoms with Gasteiger partial charge in [-0.05, 0) is 43.9 Å². The first-order valence-corrected chi connectivity index (χ1v) is 7.38. The number of aliphatic hydroxyl groups is 1. The number of hydrogen-bond acceptors (Lipinski definition) is 2. The Hall–Kier alpha value is -0.570. The van der Waals surface area contributed by atoms with E-state index in [9.17, 15) is 9.90 Å². The van der Waals surface area contributed by atoms with Crippen LogP contribution in [0.25, 0.3) is 0 Å². The maximum atomic E-state index is 11.7. The molecule has 3 nitrogen and oxygen atoms in total. The van der Waals surface area contributed by atoms with E-state index in [4.69, 9.17) is 0 Å². The third-order valence-electron chi connectivity index (χ3n) is 3.96. The second-order valence-corrected chi connectivity index (χ2v) is 6.47. The van der Waals surface area contributed by atoms with Gasteiger partial charge in [0.05, 0.1) is 6.10 Å². The number of nitrogens with one attached hydrogen (secondary N) is 1. The third kappa shape index (κ3) is 5.38. The molecule has 0 aromatic rings. The number of hydrogen-bond donors (Lipinski definition) is 2. The van der Waals surface area contributed by atoms with E-state index in [2.05, 4.69) is 19.2 Å². The summed E-state index contributed by atoms with van der Waals surface area (Å²) in [7, 11) is 0. The molecule has 1 aliphatic rings. The molecule has 2 N–H and O–H groups in total. The number of aliphatic hydroxyl groups excluding tert-OH is 1. The van der Waals surface area contributed by atoms with Crippen LogP contribution in [-0.4, -0.2) is 23.7 Å². The average Bonchev–Trinajstić information content (AvgIpc) is 2.71. The smallest absolute Gasteiger partial charge is 0.220 e. The molecule has 18 heavy (non-hydrogen) atoms. The normalized spacial score (nSPS) is 20.1. The molecule has 106 valence electrons. The standard InChI is InChI=1S/C15H29NO2/c1-12(2)10-15(8-4-5-9-15)11-16-14(18)7-6-13(3)17/h12-13,17H,4-11H2,1-3H3,(H,16,18). The maximum Gasteiger partial charge on any atom is 0.220 e. The molecule has 0 heterocycles. The fourth-order valence-electron chi connectivity index (χ4n) is 3.16. The lowest BCUT2D eigenvalue weighted by atomic mass is 9.78. The van der Waals surface area contributed by atoms with Gasteiger partial charge in [0.1, 0.15) is 0 Å². The predicted molar refractivity (Wildman–Crippen MR) is 74.3 cm³/mol. The molecule has 1 unspecified atom stereocenters. The summed E-state index contributed by atoms with van der Waals surface area (Å²) < 4.78 is 0. The van der Waals surface area contributed by atoms with Gasteiger partial charge in [-0.1, -0.05) is 26.7 Å². The molecular weight excluding hydrogens is 226 g/mol. The fraction of sp³-hybridized carbons (Fsp3) is 0.933. The number of carbonyl (C=O) groups excluding carboxylic acids is 1. The Morgan fingerprint density at radius 2 is 1.89 bits per heavy atom. The highest BCUT2D eigenvalue weighted by molar-refractivity contribution is 5.75. The van der Waals surface area contributed by atoms with Crippen molar-refractivity contribution < 1.29 is 9.90 Å². The summed E-state index contributed by atoms with van der Waals surface area (Å²) in [6, 6.07) is 0. The molecule has 0 aromatic heterocycles. The van der Waals surface area contributed by atoms with E-state index in [-0.39, 0.29) is 12.0 Å². The van der Waals surface area contributed by atoms with Crippen molar-refractivity contribution in [1.82, 2.24) is 5.32 Å². The van der Waals surface area contributed by atoms with Gasteiger partial charge in [0.2, 0.25) is 5.91 Å². The van der Waals surface area contributed by atoms with E-state index in [1.165, 1.54) is 32.1 Å². The molecule has 0 aromatic carbocycles. The first-order chi connectivity index (χ1) is 8.43. The lowest BCUT2D eigenvalue weighted by molar-refractivity contribution is -0.122. The van der Waals surface area contributed by atoms with Crippen LogP contribution in [0, 0.1) is 11.3 Å². The van der Waals surface area contributed by atoms with Crippen molar-refractivity contribution in [2.24, 2.45) is 11.3 Å². The topological polar surface area (TPSA) is 49.3 Å². The minimum absolute atomic E-state index is 0.0888. The van der Waals surface area contributed by atoms with Crippen LogP contribution in [0.5, 0.6) is 0 Å². The molecule has 1 rings (SSSR count). The van der Waals surface area contributed by atoms with Crippen molar-refractivity contribution in [2.45, 2.75) is 71.8 Å². The molecule has 3 heteroatoms. The van der Waals surface area contributed by atoms with Crippen LogP contribution in [0.3, 0.4) is 0 Å². The number of rotatable bonds is 7. The molecule has 0 radical (unpaired) electrons. The van der Waals surface area contributed by atoms with Gasteiger partial charge in [-0.2, -0.15) is 0 Å². The minimum Gasteiger partial charge on any atom is -0.393 e. The Morgan fingerprint density at radius 1 is 1.28 bits per heavy atom. The van der Waals surface area contributed by atoms with E-state index in [0.717, 1.165) is 6.54 Å². The Morgan fingerprint density at radius 3 is 2.39 bits per heavy atom. The molecule has 1 saturated carbocycles. The summed E-state index contributed by atoms with van der Waals surface area (Å²) in [6.07, 6.45) is 6.94. The van der Waals surface area contributed by atoms with E-state index in [0.29, 0.717) is 24.2 Å². The Bertz CT molecular complexity index is 255. The van der Waals surface area contributed by atoms with Gasteiger partial charge >= 0.3 is 0 Å². The minimum atomic E-state index is -0.383. The summed E-state index contributed by atoms with van der Waals surface area (Å²) in [5.74, 6) is 0.781. The summed E-state index contributed by atoms with van der Waals surface area (Å²) in [5, 5.41) is 12.2. The van der Waals surface area contributed by atoms with Crippen molar-refractivity contribution in [3.8, 4) is 0 Å². The van der Waals surface area contributed by atoms with Crippen molar-refractivity contribution in [3.05, 3.63) is 0 Å². The van der Waals surface area contributed by atoms with Gasteiger partial charge in [0, 0.05) is 13.0 Å². The number of amides is 1.